The summed E-state index contributed by atoms with van der Waals surface area (Å²) in [5, 5.41) is 12.9. The van der Waals surface area contributed by atoms with Crippen LogP contribution in [0.1, 0.15) is 34.1 Å². The van der Waals surface area contributed by atoms with Crippen molar-refractivity contribution in [2.75, 3.05) is 26.8 Å². The van der Waals surface area contributed by atoms with Crippen LogP contribution in [-0.2, 0) is 14.3 Å². The van der Waals surface area contributed by atoms with Crippen molar-refractivity contribution in [3.05, 3.63) is 0 Å². The number of likely N-dealkylation sites (tertiary alicyclic amines) is 1. The van der Waals surface area contributed by atoms with Gasteiger partial charge < -0.3 is 20.1 Å². The second kappa shape index (κ2) is 6.10. The lowest BCUT2D eigenvalue weighted by Gasteiger charge is -2.38. The molecule has 1 aliphatic heterocycles. The van der Waals surface area contributed by atoms with E-state index in [-0.39, 0.29) is 24.2 Å². The van der Waals surface area contributed by atoms with Crippen LogP contribution in [0.4, 0.5) is 0 Å². The Bertz CT molecular complexity index is 374. The Balaban J connectivity index is 2.60. The molecule has 0 bridgehead atoms. The van der Waals surface area contributed by atoms with Gasteiger partial charge in [0, 0.05) is 26.6 Å². The van der Waals surface area contributed by atoms with E-state index in [1.807, 2.05) is 0 Å². The number of ether oxygens (including phenoxy) is 1. The Kier molecular flexibility index (Phi) is 5.15. The topological polar surface area (TPSA) is 78.9 Å². The summed E-state index contributed by atoms with van der Waals surface area (Å²) in [7, 11) is 1.58. The maximum atomic E-state index is 12.2. The molecule has 1 atom stereocenters. The first-order valence-electron chi connectivity index (χ1n) is 6.89. The maximum absolute atomic E-state index is 12.2. The van der Waals surface area contributed by atoms with Gasteiger partial charge in [-0.2, -0.15) is 0 Å². The smallest absolute Gasteiger partial charge is 0.225 e. The molecule has 1 unspecified atom stereocenters. The Labute approximate surface area is 120 Å². The molecule has 2 N–H and O–H groups in total. The average Bonchev–Trinajstić information content (AvgIpc) is 2.66. The lowest BCUT2D eigenvalue weighted by molar-refractivity contribution is -0.131. The zero-order valence-corrected chi connectivity index (χ0v) is 13.0. The van der Waals surface area contributed by atoms with Gasteiger partial charge in [-0.15, -0.1) is 0 Å². The summed E-state index contributed by atoms with van der Waals surface area (Å²) in [5.41, 5.74) is -1.80. The third-order valence-electron chi connectivity index (χ3n) is 4.12. The molecule has 2 amide bonds. The van der Waals surface area contributed by atoms with E-state index in [1.54, 1.807) is 39.7 Å². The molecular formula is C14H26N2O4. The van der Waals surface area contributed by atoms with Crippen LogP contribution in [0.2, 0.25) is 0 Å². The van der Waals surface area contributed by atoms with Crippen LogP contribution in [0.15, 0.2) is 0 Å². The van der Waals surface area contributed by atoms with E-state index in [2.05, 4.69) is 5.32 Å². The Morgan fingerprint density at radius 3 is 2.55 bits per heavy atom. The highest BCUT2D eigenvalue weighted by molar-refractivity contribution is 5.89. The number of methoxy groups -OCH3 is 1. The van der Waals surface area contributed by atoms with E-state index >= 15 is 0 Å². The fraction of sp³-hybridized carbons (Fsp3) is 0.857. The minimum Gasteiger partial charge on any atom is -0.388 e. The summed E-state index contributed by atoms with van der Waals surface area (Å²) >= 11 is 0. The van der Waals surface area contributed by atoms with Crippen molar-refractivity contribution in [2.24, 2.45) is 5.92 Å². The predicted molar refractivity (Wildman–Crippen MR) is 75.1 cm³/mol. The van der Waals surface area contributed by atoms with Gasteiger partial charge in [0.2, 0.25) is 11.8 Å². The van der Waals surface area contributed by atoms with Crippen LogP contribution in [0.25, 0.3) is 0 Å². The molecule has 1 fully saturated rings. The molecule has 0 aromatic rings. The number of hydrogen-bond acceptors (Lipinski definition) is 4. The van der Waals surface area contributed by atoms with E-state index in [0.717, 1.165) is 0 Å². The van der Waals surface area contributed by atoms with Gasteiger partial charge >= 0.3 is 0 Å². The standard InChI is InChI=1S/C14H26N2O4/c1-13(2,14(3,4)19)15-12(18)10-8-11(17)16(9-10)6-7-20-5/h10,19H,6-9H2,1-5H3,(H,15,18). The van der Waals surface area contributed by atoms with Crippen LogP contribution in [0.5, 0.6) is 0 Å². The summed E-state index contributed by atoms with van der Waals surface area (Å²) in [4.78, 5) is 25.7. The van der Waals surface area contributed by atoms with E-state index in [4.69, 9.17) is 4.74 Å². The molecule has 0 saturated carbocycles. The van der Waals surface area contributed by atoms with Crippen molar-refractivity contribution < 1.29 is 19.4 Å². The van der Waals surface area contributed by atoms with Gasteiger partial charge in [-0.25, -0.2) is 0 Å². The van der Waals surface area contributed by atoms with Crippen LogP contribution in [0, 0.1) is 5.92 Å². The van der Waals surface area contributed by atoms with Gasteiger partial charge in [0.1, 0.15) is 0 Å². The zero-order valence-electron chi connectivity index (χ0n) is 13.0. The number of nitrogens with one attached hydrogen (secondary N) is 1. The van der Waals surface area contributed by atoms with Gasteiger partial charge in [-0.05, 0) is 27.7 Å². The molecule has 1 heterocycles. The van der Waals surface area contributed by atoms with Gasteiger partial charge in [0.15, 0.2) is 0 Å². The highest BCUT2D eigenvalue weighted by atomic mass is 16.5. The summed E-state index contributed by atoms with van der Waals surface area (Å²) in [6.07, 6.45) is 0.220. The summed E-state index contributed by atoms with van der Waals surface area (Å²) < 4.78 is 4.95. The van der Waals surface area contributed by atoms with Crippen molar-refractivity contribution in [2.45, 2.75) is 45.3 Å². The Morgan fingerprint density at radius 2 is 2.05 bits per heavy atom. The van der Waals surface area contributed by atoms with Crippen molar-refractivity contribution in [3.63, 3.8) is 0 Å². The molecule has 6 nitrogen and oxygen atoms in total. The van der Waals surface area contributed by atoms with Gasteiger partial charge in [0.25, 0.3) is 0 Å². The van der Waals surface area contributed by atoms with E-state index < -0.39 is 11.1 Å². The molecule has 6 heteroatoms. The number of aliphatic hydroxyl groups is 1. The molecule has 20 heavy (non-hydrogen) atoms. The molecule has 0 aromatic heterocycles. The fourth-order valence-electron chi connectivity index (χ4n) is 1.93. The first-order chi connectivity index (χ1) is 9.08. The minimum absolute atomic E-state index is 0.0248. The number of rotatable bonds is 6. The van der Waals surface area contributed by atoms with Crippen LogP contribution >= 0.6 is 0 Å². The first-order valence-corrected chi connectivity index (χ1v) is 6.89. The van der Waals surface area contributed by atoms with Crippen LogP contribution < -0.4 is 5.32 Å². The number of nitrogens with zero attached hydrogens (tertiary/aromatic N) is 1. The largest absolute Gasteiger partial charge is 0.388 e. The molecule has 0 radical (unpaired) electrons. The molecule has 0 aliphatic carbocycles. The zero-order chi connectivity index (χ0) is 15.6. The SMILES string of the molecule is COCCN1CC(C(=O)NC(C)(C)C(C)(C)O)CC1=O. The second-order valence-corrected chi connectivity index (χ2v) is 6.41. The van der Waals surface area contributed by atoms with E-state index in [1.165, 1.54) is 0 Å². The van der Waals surface area contributed by atoms with Crippen molar-refractivity contribution >= 4 is 11.8 Å². The van der Waals surface area contributed by atoms with Crippen molar-refractivity contribution in [1.29, 1.82) is 0 Å². The van der Waals surface area contributed by atoms with E-state index in [0.29, 0.717) is 19.7 Å². The Morgan fingerprint density at radius 1 is 1.45 bits per heavy atom. The lowest BCUT2D eigenvalue weighted by Crippen LogP contribution is -2.59. The van der Waals surface area contributed by atoms with Crippen molar-refractivity contribution in [1.82, 2.24) is 10.2 Å². The molecule has 1 saturated heterocycles. The monoisotopic (exact) mass is 286 g/mol. The molecule has 1 rings (SSSR count). The summed E-state index contributed by atoms with van der Waals surface area (Å²) in [6, 6.07) is 0. The third kappa shape index (κ3) is 3.93. The quantitative estimate of drug-likeness (QED) is 0.728. The van der Waals surface area contributed by atoms with E-state index in [9.17, 15) is 14.7 Å². The number of carbonyl (C=O) groups is 2. The number of carbonyl (C=O) groups excluding carboxylic acids is 2. The average molecular weight is 286 g/mol. The summed E-state index contributed by atoms with van der Waals surface area (Å²) in [6.45, 7) is 8.23. The fourth-order valence-corrected chi connectivity index (χ4v) is 1.93. The second-order valence-electron chi connectivity index (χ2n) is 6.41. The number of hydrogen-bond donors (Lipinski definition) is 2. The summed E-state index contributed by atoms with van der Waals surface area (Å²) in [5.74, 6) is -0.574. The molecular weight excluding hydrogens is 260 g/mol. The Hall–Kier alpha value is -1.14. The normalized spacial score (nSPS) is 20.4. The molecule has 0 aromatic carbocycles. The lowest BCUT2D eigenvalue weighted by atomic mass is 9.85. The van der Waals surface area contributed by atoms with Crippen LogP contribution in [-0.4, -0.2) is 59.8 Å². The predicted octanol–water partition coefficient (Wildman–Crippen LogP) is 0.147. The number of amides is 2. The van der Waals surface area contributed by atoms with Gasteiger partial charge in [-0.3, -0.25) is 9.59 Å². The molecule has 1 aliphatic rings. The van der Waals surface area contributed by atoms with Crippen LogP contribution in [0.3, 0.4) is 0 Å². The highest BCUT2D eigenvalue weighted by Crippen LogP contribution is 2.23. The maximum Gasteiger partial charge on any atom is 0.225 e. The third-order valence-corrected chi connectivity index (χ3v) is 4.12. The molecule has 0 spiro atoms. The van der Waals surface area contributed by atoms with Gasteiger partial charge in [-0.1, -0.05) is 0 Å². The highest BCUT2D eigenvalue weighted by Gasteiger charge is 2.40. The first kappa shape index (κ1) is 16.9. The minimum atomic E-state index is -1.04. The molecule has 116 valence electrons. The van der Waals surface area contributed by atoms with Crippen molar-refractivity contribution in [3.8, 4) is 0 Å². The van der Waals surface area contributed by atoms with Gasteiger partial charge in [0.05, 0.1) is 23.7 Å².